The number of imidazole rings is 1. The molecule has 2 aromatic rings. The number of esters is 1. The highest BCUT2D eigenvalue weighted by molar-refractivity contribution is 8.00. The highest BCUT2D eigenvalue weighted by Crippen LogP contribution is 2.33. The molecule has 0 aromatic carbocycles. The van der Waals surface area contributed by atoms with E-state index in [4.69, 9.17) is 10.5 Å². The van der Waals surface area contributed by atoms with Gasteiger partial charge in [0, 0.05) is 0 Å². The van der Waals surface area contributed by atoms with Gasteiger partial charge in [0.25, 0.3) is 0 Å². The molecule has 0 radical (unpaired) electrons. The van der Waals surface area contributed by atoms with E-state index >= 15 is 0 Å². The average Bonchev–Trinajstić information content (AvgIpc) is 3.21. The first kappa shape index (κ1) is 20.4. The van der Waals surface area contributed by atoms with Crippen LogP contribution >= 0.6 is 11.8 Å². The lowest BCUT2D eigenvalue weighted by atomic mass is 10.1. The van der Waals surface area contributed by atoms with Crippen molar-refractivity contribution < 1.29 is 34.4 Å². The molecule has 0 bridgehead atoms. The van der Waals surface area contributed by atoms with Crippen molar-refractivity contribution in [1.29, 1.82) is 0 Å². The molecule has 1 aliphatic heterocycles. The smallest absolute Gasteiger partial charge is 0.375 e. The SMILES string of the molecule is CCOC(=O)C(=O)CSc1nc(N)nc2c1ncn2[C@@H]1O[C@H](CO)C(O)C1O. The van der Waals surface area contributed by atoms with Gasteiger partial charge in [0.15, 0.2) is 11.9 Å². The van der Waals surface area contributed by atoms with Crippen LogP contribution in [0, 0.1) is 0 Å². The lowest BCUT2D eigenvalue weighted by molar-refractivity contribution is -0.152. The maximum absolute atomic E-state index is 11.8. The predicted molar refractivity (Wildman–Crippen MR) is 95.1 cm³/mol. The molecule has 2 unspecified atom stereocenters. The lowest BCUT2D eigenvalue weighted by Gasteiger charge is -2.16. The Morgan fingerprint density at radius 1 is 1.36 bits per heavy atom. The Kier molecular flexibility index (Phi) is 6.10. The summed E-state index contributed by atoms with van der Waals surface area (Å²) in [5.41, 5.74) is 6.21. The summed E-state index contributed by atoms with van der Waals surface area (Å²) >= 11 is 0.939. The number of nitrogens with two attached hydrogens (primary N) is 1. The molecular weight excluding hydrogens is 394 g/mol. The first-order valence-electron chi connectivity index (χ1n) is 8.32. The number of aromatic nitrogens is 4. The number of hydrogen-bond donors (Lipinski definition) is 4. The summed E-state index contributed by atoms with van der Waals surface area (Å²) in [6.07, 6.45) is -3.32. The molecule has 5 N–H and O–H groups in total. The second kappa shape index (κ2) is 8.36. The number of fused-ring (bicyclic) bond motifs is 1. The number of anilines is 1. The molecular formula is C15H19N5O7S. The van der Waals surface area contributed by atoms with Gasteiger partial charge in [0.1, 0.15) is 28.9 Å². The van der Waals surface area contributed by atoms with Crippen LogP contribution in [0.5, 0.6) is 0 Å². The van der Waals surface area contributed by atoms with Crippen LogP contribution in [0.3, 0.4) is 0 Å². The van der Waals surface area contributed by atoms with E-state index in [0.29, 0.717) is 0 Å². The number of carbonyl (C=O) groups is 2. The number of ketones is 1. The Bertz CT molecular complexity index is 891. The van der Waals surface area contributed by atoms with Crippen LogP contribution < -0.4 is 5.73 Å². The fraction of sp³-hybridized carbons (Fsp3) is 0.533. The van der Waals surface area contributed by atoms with Gasteiger partial charge in [-0.15, -0.1) is 0 Å². The lowest BCUT2D eigenvalue weighted by Crippen LogP contribution is -2.33. The summed E-state index contributed by atoms with van der Waals surface area (Å²) in [7, 11) is 0. The van der Waals surface area contributed by atoms with Gasteiger partial charge in [-0.05, 0) is 6.92 Å². The number of ether oxygens (including phenoxy) is 2. The molecule has 13 heteroatoms. The van der Waals surface area contributed by atoms with Crippen LogP contribution in [0.15, 0.2) is 11.4 Å². The van der Waals surface area contributed by atoms with E-state index in [9.17, 15) is 24.9 Å². The molecule has 28 heavy (non-hydrogen) atoms. The summed E-state index contributed by atoms with van der Waals surface area (Å²) in [5, 5.41) is 29.6. The molecule has 3 heterocycles. The largest absolute Gasteiger partial charge is 0.460 e. The van der Waals surface area contributed by atoms with Gasteiger partial charge in [-0.25, -0.2) is 14.8 Å². The van der Waals surface area contributed by atoms with Crippen molar-refractivity contribution in [1.82, 2.24) is 19.5 Å². The van der Waals surface area contributed by atoms with Crippen LogP contribution in [-0.4, -0.2) is 83.9 Å². The zero-order chi connectivity index (χ0) is 20.4. The molecule has 152 valence electrons. The molecule has 1 fully saturated rings. The zero-order valence-electron chi connectivity index (χ0n) is 14.8. The van der Waals surface area contributed by atoms with Gasteiger partial charge >= 0.3 is 5.97 Å². The molecule has 4 atom stereocenters. The Labute approximate surface area is 162 Å². The summed E-state index contributed by atoms with van der Waals surface area (Å²) in [4.78, 5) is 35.5. The third-order valence-corrected chi connectivity index (χ3v) is 5.01. The Hall–Kier alpha value is -2.32. The topological polar surface area (TPSA) is 183 Å². The van der Waals surface area contributed by atoms with E-state index in [0.717, 1.165) is 11.8 Å². The van der Waals surface area contributed by atoms with Gasteiger partial charge in [-0.2, -0.15) is 4.98 Å². The predicted octanol–water partition coefficient (Wildman–Crippen LogP) is -1.76. The maximum atomic E-state index is 11.8. The van der Waals surface area contributed by atoms with Gasteiger partial charge in [-0.3, -0.25) is 9.36 Å². The number of aliphatic hydroxyl groups is 3. The van der Waals surface area contributed by atoms with Crippen molar-refractivity contribution in [2.24, 2.45) is 0 Å². The molecule has 1 saturated heterocycles. The Morgan fingerprint density at radius 2 is 2.11 bits per heavy atom. The average molecular weight is 413 g/mol. The van der Waals surface area contributed by atoms with Crippen LogP contribution in [0.1, 0.15) is 13.2 Å². The monoisotopic (exact) mass is 413 g/mol. The van der Waals surface area contributed by atoms with Crippen molar-refractivity contribution in [3.8, 4) is 0 Å². The molecule has 0 spiro atoms. The molecule has 2 aromatic heterocycles. The number of carbonyl (C=O) groups excluding carboxylic acids is 2. The van der Waals surface area contributed by atoms with Crippen LogP contribution in [-0.2, 0) is 19.1 Å². The highest BCUT2D eigenvalue weighted by Gasteiger charge is 2.44. The molecule has 12 nitrogen and oxygen atoms in total. The van der Waals surface area contributed by atoms with E-state index < -0.39 is 42.9 Å². The van der Waals surface area contributed by atoms with Gasteiger partial charge < -0.3 is 30.5 Å². The molecule has 3 rings (SSSR count). The van der Waals surface area contributed by atoms with Crippen LogP contribution in [0.2, 0.25) is 0 Å². The standard InChI is InChI=1S/C15H19N5O7S/c1-2-26-14(25)6(22)4-28-12-8-11(18-15(16)19-12)20(5-17-8)13-10(24)9(23)7(3-21)27-13/h5,7,9-10,13,21,23-24H,2-4H2,1H3,(H2,16,18,19)/t7-,9?,10?,13-/m1/s1. The van der Waals surface area contributed by atoms with Gasteiger partial charge in [0.05, 0.1) is 25.3 Å². The number of nitrogen functional groups attached to an aromatic ring is 1. The van der Waals surface area contributed by atoms with E-state index in [-0.39, 0.29) is 34.5 Å². The summed E-state index contributed by atoms with van der Waals surface area (Å²) < 4.78 is 11.5. The summed E-state index contributed by atoms with van der Waals surface area (Å²) in [6, 6.07) is 0. The van der Waals surface area contributed by atoms with Gasteiger partial charge in [-0.1, -0.05) is 11.8 Å². The third-order valence-electron chi connectivity index (χ3n) is 4.04. The normalized spacial score (nSPS) is 24.6. The second-order valence-corrected chi connectivity index (χ2v) is 6.84. The van der Waals surface area contributed by atoms with Crippen LogP contribution in [0.25, 0.3) is 11.2 Å². The number of nitrogens with zero attached hydrogens (tertiary/aromatic N) is 4. The molecule has 0 saturated carbocycles. The highest BCUT2D eigenvalue weighted by atomic mass is 32.2. The van der Waals surface area contributed by atoms with E-state index in [1.165, 1.54) is 10.9 Å². The summed E-state index contributed by atoms with van der Waals surface area (Å²) in [5.74, 6) is -2.03. The Balaban J connectivity index is 1.87. The van der Waals surface area contributed by atoms with E-state index in [2.05, 4.69) is 19.7 Å². The third kappa shape index (κ3) is 3.79. The molecule has 1 aliphatic rings. The maximum Gasteiger partial charge on any atom is 0.375 e. The minimum absolute atomic E-state index is 0.0920. The number of aliphatic hydroxyl groups excluding tert-OH is 3. The number of thioether (sulfide) groups is 1. The minimum Gasteiger partial charge on any atom is -0.460 e. The fourth-order valence-corrected chi connectivity index (χ4v) is 3.53. The first-order valence-corrected chi connectivity index (χ1v) is 9.31. The minimum atomic E-state index is -1.33. The van der Waals surface area contributed by atoms with Crippen LogP contribution in [0.4, 0.5) is 5.95 Å². The van der Waals surface area contributed by atoms with Crippen molar-refractivity contribution in [3.05, 3.63) is 6.33 Å². The first-order chi connectivity index (χ1) is 13.4. The zero-order valence-corrected chi connectivity index (χ0v) is 15.6. The summed E-state index contributed by atoms with van der Waals surface area (Å²) in [6.45, 7) is 1.21. The number of Topliss-reactive ketones (excluding diaryl/α,β-unsaturated/α-hetero) is 1. The number of hydrogen-bond acceptors (Lipinski definition) is 12. The van der Waals surface area contributed by atoms with E-state index in [1.54, 1.807) is 6.92 Å². The Morgan fingerprint density at radius 3 is 2.75 bits per heavy atom. The van der Waals surface area contributed by atoms with Crippen molar-refractivity contribution >= 4 is 40.6 Å². The van der Waals surface area contributed by atoms with Gasteiger partial charge in [0.2, 0.25) is 11.7 Å². The van der Waals surface area contributed by atoms with Crippen molar-refractivity contribution in [2.75, 3.05) is 24.7 Å². The fourth-order valence-electron chi connectivity index (χ4n) is 2.71. The molecule has 0 aliphatic carbocycles. The number of rotatable bonds is 7. The molecule has 0 amide bonds. The second-order valence-electron chi connectivity index (χ2n) is 5.87. The van der Waals surface area contributed by atoms with E-state index in [1.807, 2.05) is 0 Å². The van der Waals surface area contributed by atoms with Crippen molar-refractivity contribution in [3.63, 3.8) is 0 Å². The van der Waals surface area contributed by atoms with Crippen molar-refractivity contribution in [2.45, 2.75) is 36.5 Å². The quantitative estimate of drug-likeness (QED) is 0.174.